The quantitative estimate of drug-likeness (QED) is 0.898. The van der Waals surface area contributed by atoms with Crippen molar-refractivity contribution >= 4 is 11.5 Å². The summed E-state index contributed by atoms with van der Waals surface area (Å²) in [4.78, 5) is 10.6. The lowest BCUT2D eigenvalue weighted by molar-refractivity contribution is 0.319. The van der Waals surface area contributed by atoms with Gasteiger partial charge in [0.2, 0.25) is 0 Å². The largest absolute Gasteiger partial charge is 0.394 e. The lowest BCUT2D eigenvalue weighted by Gasteiger charge is -2.18. The molecule has 0 radical (unpaired) electrons. The van der Waals surface area contributed by atoms with Crippen LogP contribution in [-0.2, 0) is 6.54 Å². The van der Waals surface area contributed by atoms with E-state index in [9.17, 15) is 0 Å². The molecule has 0 bridgehead atoms. The van der Waals surface area contributed by atoms with Crippen LogP contribution in [0.15, 0.2) is 42.9 Å². The van der Waals surface area contributed by atoms with Gasteiger partial charge in [-0.05, 0) is 11.5 Å². The number of nitrogens with one attached hydrogen (secondary N) is 1. The molecule has 3 rings (SSSR count). The van der Waals surface area contributed by atoms with Gasteiger partial charge in [0.05, 0.1) is 11.9 Å². The second-order valence-electron chi connectivity index (χ2n) is 5.73. The van der Waals surface area contributed by atoms with Crippen LogP contribution in [0.1, 0.15) is 12.5 Å². The molecule has 1 saturated heterocycles. The number of nitrogens with zero attached hydrogens (tertiary/aromatic N) is 3. The average Bonchev–Trinajstić information content (AvgIpc) is 2.82. The predicted octanol–water partition coefficient (Wildman–Crippen LogP) is 1.99. The van der Waals surface area contributed by atoms with Crippen LogP contribution >= 0.6 is 0 Å². The van der Waals surface area contributed by atoms with Gasteiger partial charge in [-0.3, -0.25) is 4.90 Å². The highest BCUT2D eigenvalue weighted by Crippen LogP contribution is 2.23. The summed E-state index contributed by atoms with van der Waals surface area (Å²) in [6, 6.07) is 10.9. The number of hydrogen-bond donors (Lipinski definition) is 2. The van der Waals surface area contributed by atoms with Gasteiger partial charge < -0.3 is 11.1 Å². The molecular formula is C16H21N5. The van der Waals surface area contributed by atoms with E-state index in [4.69, 9.17) is 5.73 Å². The lowest BCUT2D eigenvalue weighted by atomic mass is 10.1. The third-order valence-electron chi connectivity index (χ3n) is 4.00. The first kappa shape index (κ1) is 13.8. The highest BCUT2D eigenvalue weighted by atomic mass is 15.2. The molecule has 0 saturated carbocycles. The summed E-state index contributed by atoms with van der Waals surface area (Å²) in [5, 5.41) is 3.46. The molecule has 1 aromatic carbocycles. The molecule has 0 aliphatic carbocycles. The molecule has 2 heterocycles. The third-order valence-corrected chi connectivity index (χ3v) is 4.00. The Kier molecular flexibility index (Phi) is 4.01. The maximum absolute atomic E-state index is 5.90. The molecule has 0 amide bonds. The van der Waals surface area contributed by atoms with E-state index in [0.29, 0.717) is 17.6 Å². The third kappa shape index (κ3) is 3.31. The molecule has 1 aliphatic heterocycles. The highest BCUT2D eigenvalue weighted by molar-refractivity contribution is 5.59. The van der Waals surface area contributed by atoms with E-state index in [-0.39, 0.29) is 0 Å². The molecule has 0 spiro atoms. The molecule has 5 nitrogen and oxygen atoms in total. The molecular weight excluding hydrogens is 262 g/mol. The molecule has 5 heteroatoms. The van der Waals surface area contributed by atoms with Crippen molar-refractivity contribution in [3.05, 3.63) is 48.4 Å². The Morgan fingerprint density at radius 3 is 2.86 bits per heavy atom. The molecule has 110 valence electrons. The van der Waals surface area contributed by atoms with Crippen molar-refractivity contribution in [2.75, 3.05) is 24.1 Å². The Balaban J connectivity index is 1.62. The van der Waals surface area contributed by atoms with Crippen molar-refractivity contribution in [2.24, 2.45) is 5.92 Å². The fraction of sp³-hybridized carbons (Fsp3) is 0.375. The number of benzene rings is 1. The summed E-state index contributed by atoms with van der Waals surface area (Å²) in [7, 11) is 0. The summed E-state index contributed by atoms with van der Waals surface area (Å²) >= 11 is 0. The van der Waals surface area contributed by atoms with Crippen molar-refractivity contribution in [3.8, 4) is 0 Å². The van der Waals surface area contributed by atoms with E-state index in [2.05, 4.69) is 57.4 Å². The molecule has 2 atom stereocenters. The minimum absolute atomic E-state index is 0.367. The van der Waals surface area contributed by atoms with Gasteiger partial charge in [0, 0.05) is 25.7 Å². The molecule has 2 unspecified atom stereocenters. The van der Waals surface area contributed by atoms with Crippen LogP contribution in [0.5, 0.6) is 0 Å². The Morgan fingerprint density at radius 2 is 2.10 bits per heavy atom. The minimum Gasteiger partial charge on any atom is -0.394 e. The van der Waals surface area contributed by atoms with Gasteiger partial charge in [-0.1, -0.05) is 37.3 Å². The molecule has 3 N–H and O–H groups in total. The van der Waals surface area contributed by atoms with E-state index in [0.717, 1.165) is 25.5 Å². The second-order valence-corrected chi connectivity index (χ2v) is 5.73. The Labute approximate surface area is 125 Å². The van der Waals surface area contributed by atoms with Crippen LogP contribution in [0, 0.1) is 5.92 Å². The fourth-order valence-electron chi connectivity index (χ4n) is 2.86. The van der Waals surface area contributed by atoms with Gasteiger partial charge in [0.25, 0.3) is 0 Å². The van der Waals surface area contributed by atoms with Crippen LogP contribution in [0.2, 0.25) is 0 Å². The van der Waals surface area contributed by atoms with Crippen LogP contribution in [0.25, 0.3) is 0 Å². The van der Waals surface area contributed by atoms with Gasteiger partial charge in [0.1, 0.15) is 6.33 Å². The van der Waals surface area contributed by atoms with Gasteiger partial charge in [-0.25, -0.2) is 9.97 Å². The number of rotatable bonds is 4. The van der Waals surface area contributed by atoms with Crippen molar-refractivity contribution in [1.82, 2.24) is 14.9 Å². The number of nitrogens with two attached hydrogens (primary N) is 1. The number of hydrogen-bond acceptors (Lipinski definition) is 5. The summed E-state index contributed by atoms with van der Waals surface area (Å²) in [5.74, 6) is 1.30. The summed E-state index contributed by atoms with van der Waals surface area (Å²) < 4.78 is 0. The average molecular weight is 283 g/mol. The second kappa shape index (κ2) is 6.10. The van der Waals surface area contributed by atoms with E-state index in [1.165, 1.54) is 11.9 Å². The van der Waals surface area contributed by atoms with Gasteiger partial charge >= 0.3 is 0 Å². The topological polar surface area (TPSA) is 67.1 Å². The van der Waals surface area contributed by atoms with Crippen molar-refractivity contribution < 1.29 is 0 Å². The monoisotopic (exact) mass is 283 g/mol. The van der Waals surface area contributed by atoms with Crippen molar-refractivity contribution in [1.29, 1.82) is 0 Å². The van der Waals surface area contributed by atoms with E-state index >= 15 is 0 Å². The number of aromatic nitrogens is 2. The van der Waals surface area contributed by atoms with E-state index < -0.39 is 0 Å². The maximum Gasteiger partial charge on any atom is 0.152 e. The van der Waals surface area contributed by atoms with Crippen LogP contribution < -0.4 is 11.1 Å². The first-order chi connectivity index (χ1) is 10.2. The Bertz CT molecular complexity index is 586. The van der Waals surface area contributed by atoms with Crippen LogP contribution in [0.3, 0.4) is 0 Å². The fourth-order valence-corrected chi connectivity index (χ4v) is 2.86. The van der Waals surface area contributed by atoms with Gasteiger partial charge in [0.15, 0.2) is 5.82 Å². The lowest BCUT2D eigenvalue weighted by Crippen LogP contribution is -2.28. The normalized spacial score (nSPS) is 22.3. The number of anilines is 2. The zero-order valence-corrected chi connectivity index (χ0v) is 12.2. The zero-order chi connectivity index (χ0) is 14.7. The molecule has 2 aromatic rings. The summed E-state index contributed by atoms with van der Waals surface area (Å²) in [5.41, 5.74) is 7.86. The number of likely N-dealkylation sites (tertiary alicyclic amines) is 1. The molecule has 1 aromatic heterocycles. The first-order valence-corrected chi connectivity index (χ1v) is 7.30. The minimum atomic E-state index is 0.367. The first-order valence-electron chi connectivity index (χ1n) is 7.30. The van der Waals surface area contributed by atoms with Crippen molar-refractivity contribution in [2.45, 2.75) is 19.5 Å². The van der Waals surface area contributed by atoms with Crippen LogP contribution in [0.4, 0.5) is 11.5 Å². The highest BCUT2D eigenvalue weighted by Gasteiger charge is 2.29. The van der Waals surface area contributed by atoms with Crippen LogP contribution in [-0.4, -0.2) is 34.0 Å². The van der Waals surface area contributed by atoms with E-state index in [1.807, 2.05) is 0 Å². The SMILES string of the molecule is CC1CN(Cc2ccccc2)CC1Nc1ncncc1N. The van der Waals surface area contributed by atoms with Crippen molar-refractivity contribution in [3.63, 3.8) is 0 Å². The zero-order valence-electron chi connectivity index (χ0n) is 12.2. The van der Waals surface area contributed by atoms with Gasteiger partial charge in [-0.2, -0.15) is 0 Å². The Morgan fingerprint density at radius 1 is 1.29 bits per heavy atom. The summed E-state index contributed by atoms with van der Waals surface area (Å²) in [6.45, 7) is 5.33. The number of nitrogen functional groups attached to an aromatic ring is 1. The predicted molar refractivity (Wildman–Crippen MR) is 84.7 cm³/mol. The van der Waals surface area contributed by atoms with E-state index in [1.54, 1.807) is 6.20 Å². The molecule has 1 fully saturated rings. The standard InChI is InChI=1S/C16H21N5/c1-12-8-21(9-13-5-3-2-4-6-13)10-15(12)20-16-14(17)7-18-11-19-16/h2-7,11-12,15H,8-10,17H2,1H3,(H,18,19,20). The maximum atomic E-state index is 5.90. The summed E-state index contributed by atoms with van der Waals surface area (Å²) in [6.07, 6.45) is 3.16. The molecule has 21 heavy (non-hydrogen) atoms. The smallest absolute Gasteiger partial charge is 0.152 e. The van der Waals surface area contributed by atoms with Gasteiger partial charge in [-0.15, -0.1) is 0 Å². The Hall–Kier alpha value is -2.14. The molecule has 1 aliphatic rings.